The molecule has 0 saturated carbocycles. The van der Waals surface area contributed by atoms with Gasteiger partial charge in [-0.05, 0) is 48.8 Å². The van der Waals surface area contributed by atoms with E-state index in [0.29, 0.717) is 0 Å². The summed E-state index contributed by atoms with van der Waals surface area (Å²) in [6.07, 6.45) is 0. The van der Waals surface area contributed by atoms with Crippen molar-refractivity contribution in [1.29, 1.82) is 0 Å². The van der Waals surface area contributed by atoms with Gasteiger partial charge in [0.15, 0.2) is 0 Å². The van der Waals surface area contributed by atoms with E-state index in [1.807, 2.05) is 6.92 Å². The molecule has 0 aliphatic carbocycles. The highest BCUT2D eigenvalue weighted by atomic mass is 16.5. The Morgan fingerprint density at radius 1 is 0.864 bits per heavy atom. The van der Waals surface area contributed by atoms with Crippen LogP contribution in [0.4, 0.5) is 0 Å². The van der Waals surface area contributed by atoms with Crippen LogP contribution in [-0.2, 0) is 19.1 Å². The molecule has 0 aromatic heterocycles. The molecule has 3 atom stereocenters. The monoisotopic (exact) mass is 321 g/mol. The molecule has 0 bridgehead atoms. The minimum absolute atomic E-state index is 0.0139. The molecule has 0 amide bonds. The standard InChI is InChI=1S/C5H11NO2.C5H11NO.C4H9NO2/c1-4(6-2)5(7)8-3;1-4(6-3)5(2)7;1-3(5-2)4(6)7/h4,6H,1-3H3;4,6H,1-3H3;3,5H,1-2H3,(H,6,7)/t2*4-;3-/m111/s1. The summed E-state index contributed by atoms with van der Waals surface area (Å²) in [4.78, 5) is 30.6. The molecule has 0 aliphatic heterocycles. The van der Waals surface area contributed by atoms with Gasteiger partial charge in [0, 0.05) is 0 Å². The van der Waals surface area contributed by atoms with Crippen molar-refractivity contribution in [2.24, 2.45) is 0 Å². The zero-order chi connectivity index (χ0) is 18.3. The molecule has 8 nitrogen and oxygen atoms in total. The van der Waals surface area contributed by atoms with Crippen molar-refractivity contribution in [1.82, 2.24) is 16.0 Å². The lowest BCUT2D eigenvalue weighted by molar-refractivity contribution is -0.142. The van der Waals surface area contributed by atoms with Crippen LogP contribution in [0.3, 0.4) is 0 Å². The highest BCUT2D eigenvalue weighted by Crippen LogP contribution is 1.81. The Hall–Kier alpha value is -1.51. The molecule has 0 spiro atoms. The fourth-order valence-corrected chi connectivity index (χ4v) is 0.621. The number of ether oxygens (including phenoxy) is 1. The normalized spacial score (nSPS) is 13.3. The van der Waals surface area contributed by atoms with E-state index in [1.54, 1.807) is 41.9 Å². The Bertz CT molecular complexity index is 304. The second kappa shape index (κ2) is 15.9. The van der Waals surface area contributed by atoms with Gasteiger partial charge in [0.25, 0.3) is 0 Å². The average molecular weight is 321 g/mol. The maximum atomic E-state index is 10.5. The van der Waals surface area contributed by atoms with E-state index >= 15 is 0 Å². The van der Waals surface area contributed by atoms with Crippen LogP contribution in [0.25, 0.3) is 0 Å². The molecule has 8 heteroatoms. The molecule has 0 aromatic carbocycles. The van der Waals surface area contributed by atoms with Crippen molar-refractivity contribution in [3.8, 4) is 0 Å². The predicted molar refractivity (Wildman–Crippen MR) is 85.9 cm³/mol. The van der Waals surface area contributed by atoms with Crippen molar-refractivity contribution < 1.29 is 24.2 Å². The molecule has 4 N–H and O–H groups in total. The summed E-state index contributed by atoms with van der Waals surface area (Å²) in [6, 6.07) is -0.611. The van der Waals surface area contributed by atoms with Crippen LogP contribution in [0.1, 0.15) is 27.7 Å². The fraction of sp³-hybridized carbons (Fsp3) is 0.786. The first-order valence-corrected chi connectivity index (χ1v) is 6.91. The van der Waals surface area contributed by atoms with Crippen LogP contribution >= 0.6 is 0 Å². The molecule has 0 unspecified atom stereocenters. The van der Waals surface area contributed by atoms with Gasteiger partial charge in [-0.15, -0.1) is 0 Å². The minimum Gasteiger partial charge on any atom is -0.480 e. The van der Waals surface area contributed by atoms with Crippen LogP contribution in [0, 0.1) is 0 Å². The molecule has 0 fully saturated rings. The van der Waals surface area contributed by atoms with Crippen LogP contribution in [0.5, 0.6) is 0 Å². The molecule has 0 radical (unpaired) electrons. The Balaban J connectivity index is -0.000000247. The topological polar surface area (TPSA) is 117 Å². The van der Waals surface area contributed by atoms with Gasteiger partial charge in [-0.2, -0.15) is 0 Å². The highest BCUT2D eigenvalue weighted by molar-refractivity contribution is 5.80. The lowest BCUT2D eigenvalue weighted by atomic mass is 10.2. The average Bonchev–Trinajstić information content (AvgIpc) is 2.52. The maximum Gasteiger partial charge on any atom is 0.322 e. The van der Waals surface area contributed by atoms with Crippen LogP contribution in [0.15, 0.2) is 0 Å². The number of carboxylic acids is 1. The van der Waals surface area contributed by atoms with E-state index in [2.05, 4.69) is 20.7 Å². The van der Waals surface area contributed by atoms with Gasteiger partial charge < -0.3 is 25.8 Å². The first-order valence-electron chi connectivity index (χ1n) is 6.91. The third-order valence-electron chi connectivity index (χ3n) is 2.83. The largest absolute Gasteiger partial charge is 0.480 e. The van der Waals surface area contributed by atoms with Crippen molar-refractivity contribution in [3.05, 3.63) is 0 Å². The highest BCUT2D eigenvalue weighted by Gasteiger charge is 2.07. The maximum absolute atomic E-state index is 10.5. The summed E-state index contributed by atoms with van der Waals surface area (Å²) in [5.74, 6) is -0.863. The number of nitrogens with one attached hydrogen (secondary N) is 3. The van der Waals surface area contributed by atoms with Gasteiger partial charge in [-0.25, -0.2) is 0 Å². The second-order valence-corrected chi connectivity index (χ2v) is 4.50. The van der Waals surface area contributed by atoms with Crippen molar-refractivity contribution >= 4 is 17.7 Å². The molecule has 0 aromatic rings. The van der Waals surface area contributed by atoms with Crippen molar-refractivity contribution in [3.63, 3.8) is 0 Å². The summed E-state index contributed by atoms with van der Waals surface area (Å²) in [6.45, 7) is 6.73. The number of Topliss-reactive ketones (excluding diaryl/α,β-unsaturated/α-hetero) is 1. The Morgan fingerprint density at radius 2 is 1.23 bits per heavy atom. The summed E-state index contributed by atoms with van der Waals surface area (Å²) in [7, 11) is 6.46. The quantitative estimate of drug-likeness (QED) is 0.490. The van der Waals surface area contributed by atoms with Crippen LogP contribution < -0.4 is 16.0 Å². The number of rotatable bonds is 6. The molecule has 0 rings (SSSR count). The van der Waals surface area contributed by atoms with E-state index < -0.39 is 12.0 Å². The number of likely N-dealkylation sites (N-methyl/N-ethyl adjacent to an activating group) is 3. The number of carbonyl (C=O) groups is 3. The summed E-state index contributed by atoms with van der Waals surface area (Å²) < 4.78 is 4.40. The molecule has 0 saturated heterocycles. The van der Waals surface area contributed by atoms with Gasteiger partial charge in [0.1, 0.15) is 17.9 Å². The molecular formula is C14H31N3O5. The summed E-state index contributed by atoms with van der Waals surface area (Å²) in [5.41, 5.74) is 0. The van der Waals surface area contributed by atoms with E-state index in [9.17, 15) is 14.4 Å². The van der Waals surface area contributed by atoms with E-state index in [4.69, 9.17) is 5.11 Å². The molecular weight excluding hydrogens is 290 g/mol. The van der Waals surface area contributed by atoms with Crippen LogP contribution in [0.2, 0.25) is 0 Å². The number of ketones is 1. The Morgan fingerprint density at radius 3 is 1.27 bits per heavy atom. The third kappa shape index (κ3) is 16.5. The summed E-state index contributed by atoms with van der Waals surface area (Å²) in [5, 5.41) is 16.2. The van der Waals surface area contributed by atoms with Crippen molar-refractivity contribution in [2.45, 2.75) is 45.8 Å². The molecule has 0 aliphatic rings. The van der Waals surface area contributed by atoms with Gasteiger partial charge in [0.2, 0.25) is 0 Å². The number of hydrogen-bond donors (Lipinski definition) is 4. The fourth-order valence-electron chi connectivity index (χ4n) is 0.621. The zero-order valence-electron chi connectivity index (χ0n) is 14.8. The van der Waals surface area contributed by atoms with Gasteiger partial charge in [-0.3, -0.25) is 14.4 Å². The Kier molecular flexibility index (Phi) is 18.4. The van der Waals surface area contributed by atoms with Gasteiger partial charge >= 0.3 is 11.9 Å². The number of methoxy groups -OCH3 is 1. The number of hydrogen-bond acceptors (Lipinski definition) is 7. The lowest BCUT2D eigenvalue weighted by Gasteiger charge is -2.04. The second-order valence-electron chi connectivity index (χ2n) is 4.50. The minimum atomic E-state index is -0.817. The lowest BCUT2D eigenvalue weighted by Crippen LogP contribution is -2.31. The van der Waals surface area contributed by atoms with E-state index in [-0.39, 0.29) is 23.8 Å². The van der Waals surface area contributed by atoms with Crippen molar-refractivity contribution in [2.75, 3.05) is 28.3 Å². The first-order chi connectivity index (χ1) is 10.1. The number of aliphatic carboxylic acids is 1. The number of carboxylic acid groups (broad SMARTS) is 1. The van der Waals surface area contributed by atoms with Gasteiger partial charge in [0.05, 0.1) is 13.2 Å². The predicted octanol–water partition coefficient (Wildman–Crippen LogP) is -0.370. The van der Waals surface area contributed by atoms with E-state index in [0.717, 1.165) is 0 Å². The zero-order valence-corrected chi connectivity index (χ0v) is 14.8. The number of esters is 1. The van der Waals surface area contributed by atoms with E-state index in [1.165, 1.54) is 7.11 Å². The molecule has 22 heavy (non-hydrogen) atoms. The molecule has 0 heterocycles. The SMILES string of the molecule is CN[C@H](C)C(=O)O.CN[C@H](C)C(=O)OC.CN[C@H](C)C(C)=O. The summed E-state index contributed by atoms with van der Waals surface area (Å²) >= 11 is 0. The van der Waals surface area contributed by atoms with Gasteiger partial charge in [-0.1, -0.05) is 0 Å². The first kappa shape index (κ1) is 25.4. The molecule has 132 valence electrons. The Labute approximate surface area is 133 Å². The number of carbonyl (C=O) groups excluding carboxylic acids is 2. The van der Waals surface area contributed by atoms with Crippen LogP contribution in [-0.4, -0.2) is 69.2 Å². The smallest absolute Gasteiger partial charge is 0.322 e. The third-order valence-corrected chi connectivity index (χ3v) is 2.83.